The summed E-state index contributed by atoms with van der Waals surface area (Å²) in [4.78, 5) is 26.3. The lowest BCUT2D eigenvalue weighted by atomic mass is 10.0. The number of phenols is 1. The highest BCUT2D eigenvalue weighted by Crippen LogP contribution is 2.44. The minimum absolute atomic E-state index is 0.0291. The fraction of sp³-hybridized carbons (Fsp3) is 0.280. The molecule has 0 radical (unpaired) electrons. The Kier molecular flexibility index (Phi) is 4.90. The Morgan fingerprint density at radius 1 is 1.06 bits per heavy atom. The molecular formula is C25H25N3O5. The quantitative estimate of drug-likeness (QED) is 0.522. The Morgan fingerprint density at radius 2 is 1.79 bits per heavy atom. The molecule has 5 rings (SSSR count). The zero-order chi connectivity index (χ0) is 23.4. The van der Waals surface area contributed by atoms with Crippen LogP contribution in [-0.2, 0) is 25.4 Å². The molecule has 3 heterocycles. The van der Waals surface area contributed by atoms with Gasteiger partial charge < -0.3 is 19.1 Å². The van der Waals surface area contributed by atoms with E-state index in [-0.39, 0.29) is 11.3 Å². The van der Waals surface area contributed by atoms with Crippen molar-refractivity contribution in [2.45, 2.75) is 19.6 Å². The first kappa shape index (κ1) is 21.1. The molecule has 0 saturated carbocycles. The van der Waals surface area contributed by atoms with Gasteiger partial charge in [-0.25, -0.2) is 4.79 Å². The summed E-state index contributed by atoms with van der Waals surface area (Å²) in [5.41, 5.74) is 3.62. The number of aromatic hydroxyl groups is 1. The van der Waals surface area contributed by atoms with Gasteiger partial charge in [0.15, 0.2) is 11.5 Å². The van der Waals surface area contributed by atoms with E-state index >= 15 is 0 Å². The molecule has 0 fully saturated rings. The van der Waals surface area contributed by atoms with E-state index < -0.39 is 11.8 Å². The lowest BCUT2D eigenvalue weighted by Gasteiger charge is -2.28. The van der Waals surface area contributed by atoms with Crippen LogP contribution in [0.25, 0.3) is 22.2 Å². The molecule has 0 bridgehead atoms. The smallest absolute Gasteiger partial charge is 0.331 e. The van der Waals surface area contributed by atoms with Crippen molar-refractivity contribution in [3.05, 3.63) is 80.1 Å². The first-order chi connectivity index (χ1) is 15.8. The van der Waals surface area contributed by atoms with Crippen LogP contribution < -0.4 is 16.0 Å². The van der Waals surface area contributed by atoms with Crippen LogP contribution in [0.2, 0.25) is 0 Å². The third kappa shape index (κ3) is 3.01. The van der Waals surface area contributed by atoms with Crippen molar-refractivity contribution in [1.29, 1.82) is 0 Å². The van der Waals surface area contributed by atoms with Crippen molar-refractivity contribution in [3.63, 3.8) is 0 Å². The van der Waals surface area contributed by atoms with E-state index in [0.29, 0.717) is 41.1 Å². The van der Waals surface area contributed by atoms with Crippen molar-refractivity contribution < 1.29 is 14.6 Å². The molecule has 0 aliphatic carbocycles. The number of aromatic nitrogens is 3. The minimum Gasteiger partial charge on any atom is -0.504 e. The largest absolute Gasteiger partial charge is 0.504 e. The Morgan fingerprint density at radius 3 is 2.48 bits per heavy atom. The van der Waals surface area contributed by atoms with Crippen molar-refractivity contribution in [3.8, 4) is 22.8 Å². The number of hydrogen-bond acceptors (Lipinski definition) is 5. The van der Waals surface area contributed by atoms with Crippen LogP contribution in [0.4, 0.5) is 0 Å². The first-order valence-electron chi connectivity index (χ1n) is 10.7. The summed E-state index contributed by atoms with van der Waals surface area (Å²) >= 11 is 0. The van der Waals surface area contributed by atoms with Gasteiger partial charge in [0.1, 0.15) is 6.10 Å². The molecule has 170 valence electrons. The van der Waals surface area contributed by atoms with Gasteiger partial charge in [-0.15, -0.1) is 0 Å². The standard InChI is InChI=1S/C25H25N3O5/c1-14-8-10-15(11-9-14)19-18-20(26(2)25(31)27(3)24(18)30)21-23(33-13-12-28(19)21)16-6-5-7-17(32-4)22(16)29/h5-11,23,29H,12-13H2,1-4H3/t23-/m1/s1. The van der Waals surface area contributed by atoms with Crippen molar-refractivity contribution in [2.24, 2.45) is 14.1 Å². The number of nitrogens with zero attached hydrogens (tertiary/aromatic N) is 3. The van der Waals surface area contributed by atoms with Crippen molar-refractivity contribution in [1.82, 2.24) is 13.7 Å². The molecule has 4 aromatic rings. The molecule has 1 aliphatic heterocycles. The molecular weight excluding hydrogens is 422 g/mol. The maximum atomic E-state index is 13.4. The number of hydrogen-bond donors (Lipinski definition) is 1. The van der Waals surface area contributed by atoms with Gasteiger partial charge in [0.25, 0.3) is 5.56 Å². The summed E-state index contributed by atoms with van der Waals surface area (Å²) in [7, 11) is 4.63. The summed E-state index contributed by atoms with van der Waals surface area (Å²) in [6, 6.07) is 13.2. The fourth-order valence-electron chi connectivity index (χ4n) is 4.74. The molecule has 1 N–H and O–H groups in total. The molecule has 1 aliphatic rings. The average Bonchev–Trinajstić information content (AvgIpc) is 3.18. The topological polar surface area (TPSA) is 87.6 Å². The highest BCUT2D eigenvalue weighted by atomic mass is 16.5. The van der Waals surface area contributed by atoms with E-state index in [0.717, 1.165) is 21.4 Å². The zero-order valence-electron chi connectivity index (χ0n) is 19.0. The summed E-state index contributed by atoms with van der Waals surface area (Å²) in [5, 5.41) is 11.3. The first-order valence-corrected chi connectivity index (χ1v) is 10.7. The minimum atomic E-state index is -0.687. The van der Waals surface area contributed by atoms with Crippen LogP contribution in [0, 0.1) is 6.92 Å². The predicted octanol–water partition coefficient (Wildman–Crippen LogP) is 2.85. The molecule has 33 heavy (non-hydrogen) atoms. The lowest BCUT2D eigenvalue weighted by molar-refractivity contribution is 0.0462. The maximum Gasteiger partial charge on any atom is 0.331 e. The molecule has 1 atom stereocenters. The second-order valence-electron chi connectivity index (χ2n) is 8.33. The normalized spacial score (nSPS) is 15.6. The van der Waals surface area contributed by atoms with Gasteiger partial charge in [0.05, 0.1) is 36.0 Å². The molecule has 0 saturated heterocycles. The second-order valence-corrected chi connectivity index (χ2v) is 8.33. The Hall–Kier alpha value is -3.78. The number of fused-ring (bicyclic) bond motifs is 3. The van der Waals surface area contributed by atoms with E-state index in [2.05, 4.69) is 0 Å². The number of phenolic OH excluding ortho intramolecular Hbond substituents is 1. The van der Waals surface area contributed by atoms with Crippen LogP contribution in [0.5, 0.6) is 11.5 Å². The molecule has 0 amide bonds. The van der Waals surface area contributed by atoms with Crippen LogP contribution in [-0.4, -0.2) is 32.5 Å². The van der Waals surface area contributed by atoms with E-state index in [1.807, 2.05) is 35.8 Å². The van der Waals surface area contributed by atoms with Gasteiger partial charge in [-0.05, 0) is 18.6 Å². The summed E-state index contributed by atoms with van der Waals surface area (Å²) in [6.07, 6.45) is -0.687. The number of methoxy groups -OCH3 is 1. The Bertz CT molecular complexity index is 1510. The third-order valence-corrected chi connectivity index (χ3v) is 6.41. The zero-order valence-corrected chi connectivity index (χ0v) is 19.0. The summed E-state index contributed by atoms with van der Waals surface area (Å²) in [5.74, 6) is 0.297. The van der Waals surface area contributed by atoms with Crippen molar-refractivity contribution >= 4 is 10.9 Å². The SMILES string of the molecule is COc1cccc([C@H]2OCCn3c(-c4ccc(C)cc4)c4c(=O)n(C)c(=O)n(C)c4c32)c1O. The van der Waals surface area contributed by atoms with Crippen LogP contribution in [0.3, 0.4) is 0 Å². The highest BCUT2D eigenvalue weighted by molar-refractivity contribution is 5.96. The van der Waals surface area contributed by atoms with Gasteiger partial charge in [-0.2, -0.15) is 0 Å². The molecule has 0 spiro atoms. The Balaban J connectivity index is 1.93. The van der Waals surface area contributed by atoms with Gasteiger partial charge in [0.2, 0.25) is 0 Å². The number of para-hydroxylation sites is 1. The fourth-order valence-corrected chi connectivity index (χ4v) is 4.74. The average molecular weight is 447 g/mol. The third-order valence-electron chi connectivity index (χ3n) is 6.41. The van der Waals surface area contributed by atoms with Gasteiger partial charge in [-0.3, -0.25) is 13.9 Å². The molecule has 8 nitrogen and oxygen atoms in total. The summed E-state index contributed by atoms with van der Waals surface area (Å²) in [6.45, 7) is 2.89. The van der Waals surface area contributed by atoms with E-state index in [1.165, 1.54) is 18.7 Å². The van der Waals surface area contributed by atoms with Crippen LogP contribution in [0.15, 0.2) is 52.1 Å². The maximum absolute atomic E-state index is 13.4. The molecule has 2 aromatic heterocycles. The van der Waals surface area contributed by atoms with Gasteiger partial charge in [0, 0.05) is 26.2 Å². The number of aryl methyl sites for hydroxylation is 2. The van der Waals surface area contributed by atoms with Crippen LogP contribution >= 0.6 is 0 Å². The highest BCUT2D eigenvalue weighted by Gasteiger charge is 2.34. The Labute approximate surface area is 189 Å². The van der Waals surface area contributed by atoms with Crippen LogP contribution in [0.1, 0.15) is 22.9 Å². The van der Waals surface area contributed by atoms with E-state index in [4.69, 9.17) is 9.47 Å². The molecule has 2 aromatic carbocycles. The number of rotatable bonds is 3. The van der Waals surface area contributed by atoms with Gasteiger partial charge >= 0.3 is 5.69 Å². The van der Waals surface area contributed by atoms with Crippen molar-refractivity contribution in [2.75, 3.05) is 13.7 Å². The van der Waals surface area contributed by atoms with E-state index in [1.54, 1.807) is 25.2 Å². The number of benzene rings is 2. The number of ether oxygens (including phenoxy) is 2. The molecule has 0 unspecified atom stereocenters. The molecule has 8 heteroatoms. The predicted molar refractivity (Wildman–Crippen MR) is 125 cm³/mol. The van der Waals surface area contributed by atoms with E-state index in [9.17, 15) is 14.7 Å². The lowest BCUT2D eigenvalue weighted by Crippen LogP contribution is -2.37. The monoisotopic (exact) mass is 447 g/mol. The summed E-state index contributed by atoms with van der Waals surface area (Å²) < 4.78 is 16.1. The second kappa shape index (κ2) is 7.67. The van der Waals surface area contributed by atoms with Gasteiger partial charge in [-0.1, -0.05) is 42.0 Å².